The molecule has 0 atom stereocenters. The molecule has 0 fully saturated rings. The van der Waals surface area contributed by atoms with Crippen LogP contribution in [0.15, 0.2) is 53.5 Å². The predicted molar refractivity (Wildman–Crippen MR) is 74.7 cm³/mol. The van der Waals surface area contributed by atoms with Crippen molar-refractivity contribution in [3.05, 3.63) is 53.5 Å². The number of benzene rings is 1. The fourth-order valence-corrected chi connectivity index (χ4v) is 3.57. The van der Waals surface area contributed by atoms with Gasteiger partial charge in [-0.2, -0.15) is 0 Å². The SMILES string of the molecule is C=CC/C=C(/CCCCl)[Se]c1ccccc1. The molecular weight excluding hydrogens is 283 g/mol. The Hall–Kier alpha value is -0.491. The van der Waals surface area contributed by atoms with Crippen molar-refractivity contribution in [3.63, 3.8) is 0 Å². The molecule has 0 amide bonds. The van der Waals surface area contributed by atoms with Gasteiger partial charge in [-0.15, -0.1) is 0 Å². The summed E-state index contributed by atoms with van der Waals surface area (Å²) in [7, 11) is 0. The van der Waals surface area contributed by atoms with Gasteiger partial charge in [0.05, 0.1) is 0 Å². The van der Waals surface area contributed by atoms with Crippen molar-refractivity contribution in [2.24, 2.45) is 0 Å². The van der Waals surface area contributed by atoms with E-state index in [2.05, 4.69) is 43.0 Å². The van der Waals surface area contributed by atoms with Crippen molar-refractivity contribution in [1.29, 1.82) is 0 Å². The molecule has 86 valence electrons. The summed E-state index contributed by atoms with van der Waals surface area (Å²) >= 11 is 6.18. The quantitative estimate of drug-likeness (QED) is 0.411. The molecule has 0 saturated carbocycles. The van der Waals surface area contributed by atoms with E-state index in [1.165, 1.54) is 8.93 Å². The third kappa shape index (κ3) is 5.55. The van der Waals surface area contributed by atoms with E-state index < -0.39 is 0 Å². The summed E-state index contributed by atoms with van der Waals surface area (Å²) in [5.74, 6) is 0.746. The standard InChI is InChI=1S/C14H17ClSe/c1-2-3-8-13(11-7-12-15)16-14-9-5-4-6-10-14/h2,4-6,8-10H,1,3,7,11-12H2/b13-8-. The topological polar surface area (TPSA) is 0 Å². The van der Waals surface area contributed by atoms with Gasteiger partial charge < -0.3 is 0 Å². The molecule has 0 aliphatic rings. The van der Waals surface area contributed by atoms with Crippen molar-refractivity contribution in [3.8, 4) is 0 Å². The number of hydrogen-bond donors (Lipinski definition) is 0. The molecule has 0 bridgehead atoms. The normalized spacial score (nSPS) is 11.4. The Bertz CT molecular complexity index is 330. The van der Waals surface area contributed by atoms with Crippen LogP contribution in [-0.4, -0.2) is 20.8 Å². The molecule has 0 aliphatic carbocycles. The molecule has 0 aromatic heterocycles. The van der Waals surface area contributed by atoms with Crippen molar-refractivity contribution in [2.75, 3.05) is 5.88 Å². The average molecular weight is 300 g/mol. The van der Waals surface area contributed by atoms with Crippen LogP contribution >= 0.6 is 11.6 Å². The number of hydrogen-bond acceptors (Lipinski definition) is 0. The van der Waals surface area contributed by atoms with Gasteiger partial charge in [0, 0.05) is 0 Å². The van der Waals surface area contributed by atoms with E-state index >= 15 is 0 Å². The van der Waals surface area contributed by atoms with Crippen LogP contribution in [0.1, 0.15) is 19.3 Å². The monoisotopic (exact) mass is 300 g/mol. The average Bonchev–Trinajstić information content (AvgIpc) is 2.34. The van der Waals surface area contributed by atoms with Crippen LogP contribution in [0, 0.1) is 0 Å². The molecule has 0 radical (unpaired) electrons. The number of alkyl halides is 1. The first kappa shape index (κ1) is 13.6. The second-order valence-electron chi connectivity index (χ2n) is 3.40. The van der Waals surface area contributed by atoms with Gasteiger partial charge in [0.1, 0.15) is 0 Å². The van der Waals surface area contributed by atoms with E-state index in [1.54, 1.807) is 0 Å². The van der Waals surface area contributed by atoms with E-state index in [0.717, 1.165) is 25.1 Å². The number of rotatable bonds is 7. The van der Waals surface area contributed by atoms with Crippen molar-refractivity contribution < 1.29 is 0 Å². The minimum atomic E-state index is 0.441. The zero-order valence-electron chi connectivity index (χ0n) is 9.36. The Morgan fingerprint density at radius 3 is 2.69 bits per heavy atom. The summed E-state index contributed by atoms with van der Waals surface area (Å²) in [5, 5.41) is 0. The summed E-state index contributed by atoms with van der Waals surface area (Å²) in [5.41, 5.74) is 0. The zero-order chi connectivity index (χ0) is 11.6. The van der Waals surface area contributed by atoms with E-state index in [4.69, 9.17) is 11.6 Å². The Morgan fingerprint density at radius 2 is 2.06 bits per heavy atom. The second kappa shape index (κ2) is 8.64. The number of allylic oxidation sites excluding steroid dienone is 3. The summed E-state index contributed by atoms with van der Waals surface area (Å²) in [6.07, 6.45) is 7.39. The summed E-state index contributed by atoms with van der Waals surface area (Å²) in [4.78, 5) is 0. The molecule has 2 heteroatoms. The van der Waals surface area contributed by atoms with Gasteiger partial charge in [-0.25, -0.2) is 0 Å². The Balaban J connectivity index is 2.59. The van der Waals surface area contributed by atoms with Crippen LogP contribution in [0.2, 0.25) is 0 Å². The van der Waals surface area contributed by atoms with Crippen LogP contribution in [-0.2, 0) is 0 Å². The van der Waals surface area contributed by atoms with Crippen LogP contribution in [0.25, 0.3) is 0 Å². The molecule has 0 aliphatic heterocycles. The third-order valence-corrected chi connectivity index (χ3v) is 4.72. The first-order valence-electron chi connectivity index (χ1n) is 5.45. The summed E-state index contributed by atoms with van der Waals surface area (Å²) in [6, 6.07) is 10.7. The summed E-state index contributed by atoms with van der Waals surface area (Å²) in [6.45, 7) is 3.76. The predicted octanol–water partition coefficient (Wildman–Crippen LogP) is 3.50. The fourth-order valence-electron chi connectivity index (χ4n) is 1.29. The van der Waals surface area contributed by atoms with Crippen molar-refractivity contribution in [2.45, 2.75) is 19.3 Å². The summed E-state index contributed by atoms with van der Waals surface area (Å²) < 4.78 is 2.96. The van der Waals surface area contributed by atoms with Gasteiger partial charge in [0.2, 0.25) is 0 Å². The van der Waals surface area contributed by atoms with E-state index in [0.29, 0.717) is 15.0 Å². The van der Waals surface area contributed by atoms with Gasteiger partial charge >= 0.3 is 110 Å². The first-order chi connectivity index (χ1) is 7.86. The van der Waals surface area contributed by atoms with Crippen LogP contribution in [0.3, 0.4) is 0 Å². The molecule has 0 saturated heterocycles. The third-order valence-electron chi connectivity index (χ3n) is 2.06. The van der Waals surface area contributed by atoms with Gasteiger partial charge in [0.25, 0.3) is 0 Å². The van der Waals surface area contributed by atoms with Crippen LogP contribution < -0.4 is 4.46 Å². The maximum atomic E-state index is 5.74. The van der Waals surface area contributed by atoms with Crippen LogP contribution in [0.5, 0.6) is 0 Å². The molecule has 0 spiro atoms. The van der Waals surface area contributed by atoms with Crippen LogP contribution in [0.4, 0.5) is 0 Å². The molecule has 0 heterocycles. The molecule has 1 aromatic rings. The minimum absolute atomic E-state index is 0.441. The first-order valence-corrected chi connectivity index (χ1v) is 7.70. The van der Waals surface area contributed by atoms with Gasteiger partial charge in [-0.1, -0.05) is 0 Å². The van der Waals surface area contributed by atoms with E-state index in [-0.39, 0.29) is 0 Å². The molecule has 16 heavy (non-hydrogen) atoms. The molecule has 0 nitrogen and oxygen atoms in total. The van der Waals surface area contributed by atoms with Crippen molar-refractivity contribution in [1.82, 2.24) is 0 Å². The molecule has 1 rings (SSSR count). The van der Waals surface area contributed by atoms with E-state index in [9.17, 15) is 0 Å². The van der Waals surface area contributed by atoms with Gasteiger partial charge in [0.15, 0.2) is 0 Å². The molecular formula is C14H17ClSe. The maximum absolute atomic E-state index is 5.74. The van der Waals surface area contributed by atoms with Crippen molar-refractivity contribution >= 4 is 31.0 Å². The fraction of sp³-hybridized carbons (Fsp3) is 0.286. The molecule has 0 unspecified atom stereocenters. The second-order valence-corrected chi connectivity index (χ2v) is 6.30. The van der Waals surface area contributed by atoms with Gasteiger partial charge in [-0.05, 0) is 0 Å². The Morgan fingerprint density at radius 1 is 1.31 bits per heavy atom. The Labute approximate surface area is 110 Å². The molecule has 1 aromatic carbocycles. The van der Waals surface area contributed by atoms with Gasteiger partial charge in [-0.3, -0.25) is 0 Å². The van der Waals surface area contributed by atoms with E-state index in [1.807, 2.05) is 6.08 Å². The Kier molecular flexibility index (Phi) is 7.33. The zero-order valence-corrected chi connectivity index (χ0v) is 11.8. The molecule has 0 N–H and O–H groups in total. The number of halogens is 1.